The molecule has 0 aliphatic rings. The maximum atomic E-state index is 5.93. The van der Waals surface area contributed by atoms with Crippen LogP contribution in [0.15, 0.2) is 24.4 Å². The minimum atomic E-state index is -0.0533. The standard InChI is InChI=1S/C13H18N4O/c1-9-4-5-12(10(2)14)13(6-9)18-8-11-7-17(3)16-15-11/h4-7,10H,8,14H2,1-3H3. The van der Waals surface area contributed by atoms with Crippen molar-refractivity contribution in [3.63, 3.8) is 0 Å². The number of hydrogen-bond acceptors (Lipinski definition) is 4. The van der Waals surface area contributed by atoms with Gasteiger partial charge in [0.15, 0.2) is 0 Å². The van der Waals surface area contributed by atoms with Gasteiger partial charge in [0, 0.05) is 18.7 Å². The summed E-state index contributed by atoms with van der Waals surface area (Å²) < 4.78 is 7.44. The summed E-state index contributed by atoms with van der Waals surface area (Å²) in [6.45, 7) is 4.37. The molecular formula is C13H18N4O. The number of ether oxygens (including phenoxy) is 1. The van der Waals surface area contributed by atoms with Gasteiger partial charge >= 0.3 is 0 Å². The second kappa shape index (κ2) is 5.18. The first-order valence-electron chi connectivity index (χ1n) is 5.90. The third-order valence-electron chi connectivity index (χ3n) is 2.69. The number of rotatable bonds is 4. The van der Waals surface area contributed by atoms with Gasteiger partial charge in [-0.1, -0.05) is 17.3 Å². The van der Waals surface area contributed by atoms with E-state index in [9.17, 15) is 0 Å². The first-order chi connectivity index (χ1) is 8.56. The molecule has 0 bridgehead atoms. The Morgan fingerprint density at radius 3 is 2.83 bits per heavy atom. The molecule has 1 atom stereocenters. The van der Waals surface area contributed by atoms with Crippen LogP contribution in [0.25, 0.3) is 0 Å². The summed E-state index contributed by atoms with van der Waals surface area (Å²) in [5.74, 6) is 0.815. The molecule has 0 aliphatic carbocycles. The molecule has 0 saturated carbocycles. The van der Waals surface area contributed by atoms with E-state index in [4.69, 9.17) is 10.5 Å². The molecule has 5 nitrogen and oxygen atoms in total. The van der Waals surface area contributed by atoms with Gasteiger partial charge in [-0.05, 0) is 25.5 Å². The third kappa shape index (κ3) is 2.87. The summed E-state index contributed by atoms with van der Waals surface area (Å²) in [5.41, 5.74) is 8.88. The maximum Gasteiger partial charge on any atom is 0.134 e. The Bertz CT molecular complexity index is 534. The Balaban J connectivity index is 2.15. The van der Waals surface area contributed by atoms with E-state index in [1.807, 2.05) is 45.3 Å². The highest BCUT2D eigenvalue weighted by atomic mass is 16.5. The zero-order chi connectivity index (χ0) is 13.1. The van der Waals surface area contributed by atoms with E-state index in [0.717, 1.165) is 22.6 Å². The molecule has 2 N–H and O–H groups in total. The van der Waals surface area contributed by atoms with E-state index in [2.05, 4.69) is 10.3 Å². The lowest BCUT2D eigenvalue weighted by Gasteiger charge is -2.14. The summed E-state index contributed by atoms with van der Waals surface area (Å²) in [6, 6.07) is 5.98. The van der Waals surface area contributed by atoms with E-state index < -0.39 is 0 Å². The van der Waals surface area contributed by atoms with Crippen molar-refractivity contribution in [2.45, 2.75) is 26.5 Å². The monoisotopic (exact) mass is 246 g/mol. The van der Waals surface area contributed by atoms with Crippen LogP contribution in [0.4, 0.5) is 0 Å². The quantitative estimate of drug-likeness (QED) is 0.892. The first kappa shape index (κ1) is 12.6. The Morgan fingerprint density at radius 1 is 1.44 bits per heavy atom. The molecule has 0 fully saturated rings. The summed E-state index contributed by atoms with van der Waals surface area (Å²) in [5, 5.41) is 7.85. The van der Waals surface area contributed by atoms with Crippen LogP contribution in [0.1, 0.15) is 29.8 Å². The molecule has 1 unspecified atom stereocenters. The van der Waals surface area contributed by atoms with Crippen LogP contribution in [-0.4, -0.2) is 15.0 Å². The van der Waals surface area contributed by atoms with Crippen molar-refractivity contribution >= 4 is 0 Å². The third-order valence-corrected chi connectivity index (χ3v) is 2.69. The number of nitrogens with two attached hydrogens (primary N) is 1. The van der Waals surface area contributed by atoms with E-state index in [1.54, 1.807) is 4.68 Å². The van der Waals surface area contributed by atoms with Gasteiger partial charge in [0.05, 0.1) is 6.20 Å². The normalized spacial score (nSPS) is 12.4. The molecule has 18 heavy (non-hydrogen) atoms. The van der Waals surface area contributed by atoms with E-state index in [-0.39, 0.29) is 6.04 Å². The van der Waals surface area contributed by atoms with Gasteiger partial charge in [0.1, 0.15) is 18.1 Å². The van der Waals surface area contributed by atoms with E-state index in [1.165, 1.54) is 0 Å². The van der Waals surface area contributed by atoms with Gasteiger partial charge in [-0.2, -0.15) is 0 Å². The molecule has 0 amide bonds. The second-order valence-electron chi connectivity index (χ2n) is 4.50. The van der Waals surface area contributed by atoms with E-state index >= 15 is 0 Å². The van der Waals surface area contributed by atoms with Gasteiger partial charge in [0.2, 0.25) is 0 Å². The summed E-state index contributed by atoms with van der Waals surface area (Å²) in [4.78, 5) is 0. The zero-order valence-corrected chi connectivity index (χ0v) is 10.9. The molecule has 0 spiro atoms. The van der Waals surface area contributed by atoms with Gasteiger partial charge in [-0.15, -0.1) is 5.10 Å². The molecule has 0 radical (unpaired) electrons. The number of nitrogens with zero attached hydrogens (tertiary/aromatic N) is 3. The van der Waals surface area contributed by atoms with Crippen molar-refractivity contribution in [2.75, 3.05) is 0 Å². The topological polar surface area (TPSA) is 66.0 Å². The molecule has 0 saturated heterocycles. The van der Waals surface area contributed by atoms with Crippen LogP contribution in [0.3, 0.4) is 0 Å². The van der Waals surface area contributed by atoms with Crippen molar-refractivity contribution in [1.82, 2.24) is 15.0 Å². The number of aromatic nitrogens is 3. The van der Waals surface area contributed by atoms with Gasteiger partial charge in [-0.25, -0.2) is 0 Å². The van der Waals surface area contributed by atoms with Crippen molar-refractivity contribution in [1.29, 1.82) is 0 Å². The summed E-state index contributed by atoms with van der Waals surface area (Å²) in [7, 11) is 1.83. The molecule has 5 heteroatoms. The Labute approximate surface area is 107 Å². The number of benzene rings is 1. The lowest BCUT2D eigenvalue weighted by Crippen LogP contribution is -2.08. The minimum Gasteiger partial charge on any atom is -0.487 e. The SMILES string of the molecule is Cc1ccc(C(C)N)c(OCc2cn(C)nn2)c1. The molecule has 1 aromatic carbocycles. The summed E-state index contributed by atoms with van der Waals surface area (Å²) >= 11 is 0. The fourth-order valence-corrected chi connectivity index (χ4v) is 1.76. The highest BCUT2D eigenvalue weighted by molar-refractivity contribution is 5.38. The lowest BCUT2D eigenvalue weighted by atomic mass is 10.1. The Hall–Kier alpha value is -1.88. The largest absolute Gasteiger partial charge is 0.487 e. The van der Waals surface area contributed by atoms with Crippen LogP contribution >= 0.6 is 0 Å². The van der Waals surface area contributed by atoms with E-state index in [0.29, 0.717) is 6.61 Å². The number of aryl methyl sites for hydroxylation is 2. The molecule has 0 aliphatic heterocycles. The second-order valence-corrected chi connectivity index (χ2v) is 4.50. The van der Waals surface area contributed by atoms with Crippen molar-refractivity contribution < 1.29 is 4.74 Å². The summed E-state index contributed by atoms with van der Waals surface area (Å²) in [6.07, 6.45) is 1.83. The van der Waals surface area contributed by atoms with Gasteiger partial charge in [-0.3, -0.25) is 4.68 Å². The molecular weight excluding hydrogens is 228 g/mol. The zero-order valence-electron chi connectivity index (χ0n) is 10.9. The maximum absolute atomic E-state index is 5.93. The smallest absolute Gasteiger partial charge is 0.134 e. The van der Waals surface area contributed by atoms with Crippen LogP contribution < -0.4 is 10.5 Å². The van der Waals surface area contributed by atoms with Crippen LogP contribution in [0.2, 0.25) is 0 Å². The van der Waals surface area contributed by atoms with Crippen LogP contribution in [0.5, 0.6) is 5.75 Å². The Kier molecular flexibility index (Phi) is 3.62. The molecule has 2 aromatic rings. The molecule has 96 valence electrons. The molecule has 2 rings (SSSR count). The minimum absolute atomic E-state index is 0.0533. The van der Waals surface area contributed by atoms with Gasteiger partial charge < -0.3 is 10.5 Å². The first-order valence-corrected chi connectivity index (χ1v) is 5.90. The van der Waals surface area contributed by atoms with Crippen molar-refractivity contribution in [2.24, 2.45) is 12.8 Å². The fraction of sp³-hybridized carbons (Fsp3) is 0.385. The van der Waals surface area contributed by atoms with Crippen LogP contribution in [0, 0.1) is 6.92 Å². The predicted octanol–water partition coefficient (Wildman–Crippen LogP) is 1.72. The fourth-order valence-electron chi connectivity index (χ4n) is 1.76. The number of hydrogen-bond donors (Lipinski definition) is 1. The highest BCUT2D eigenvalue weighted by Crippen LogP contribution is 2.25. The van der Waals surface area contributed by atoms with Crippen molar-refractivity contribution in [3.8, 4) is 5.75 Å². The molecule has 1 heterocycles. The predicted molar refractivity (Wildman–Crippen MR) is 69.1 cm³/mol. The lowest BCUT2D eigenvalue weighted by molar-refractivity contribution is 0.296. The molecule has 1 aromatic heterocycles. The average molecular weight is 246 g/mol. The average Bonchev–Trinajstić information content (AvgIpc) is 2.72. The van der Waals surface area contributed by atoms with Crippen molar-refractivity contribution in [3.05, 3.63) is 41.2 Å². The highest BCUT2D eigenvalue weighted by Gasteiger charge is 2.09. The van der Waals surface area contributed by atoms with Crippen LogP contribution in [-0.2, 0) is 13.7 Å². The van der Waals surface area contributed by atoms with Gasteiger partial charge in [0.25, 0.3) is 0 Å². The Morgan fingerprint density at radius 2 is 2.22 bits per heavy atom.